The molecule has 1 aromatic rings. The first-order valence-electron chi connectivity index (χ1n) is 8.89. The van der Waals surface area contributed by atoms with Crippen LogP contribution in [0.1, 0.15) is 54.2 Å². The Morgan fingerprint density at radius 3 is 2.52 bits per heavy atom. The van der Waals surface area contributed by atoms with Crippen LogP contribution in [0.25, 0.3) is 0 Å². The van der Waals surface area contributed by atoms with Crippen molar-refractivity contribution < 1.29 is 19.5 Å². The molecule has 0 bridgehead atoms. The summed E-state index contributed by atoms with van der Waals surface area (Å²) >= 11 is 0. The molecular formula is C17H22N4O4. The van der Waals surface area contributed by atoms with Crippen LogP contribution in [-0.2, 0) is 9.59 Å². The number of aromatic nitrogens is 2. The van der Waals surface area contributed by atoms with E-state index >= 15 is 0 Å². The molecule has 2 atom stereocenters. The van der Waals surface area contributed by atoms with Crippen LogP contribution in [0.5, 0.6) is 0 Å². The molecule has 25 heavy (non-hydrogen) atoms. The number of carbonyl (C=O) groups excluding carboxylic acids is 2. The van der Waals surface area contributed by atoms with Gasteiger partial charge in [-0.25, -0.2) is 0 Å². The van der Waals surface area contributed by atoms with Crippen LogP contribution < -0.4 is 5.32 Å². The van der Waals surface area contributed by atoms with Crippen molar-refractivity contribution in [2.45, 2.75) is 44.1 Å². The molecule has 8 heteroatoms. The molecule has 1 saturated heterocycles. The van der Waals surface area contributed by atoms with Crippen molar-refractivity contribution in [3.8, 4) is 0 Å². The van der Waals surface area contributed by atoms with Crippen LogP contribution in [-0.4, -0.2) is 57.1 Å². The summed E-state index contributed by atoms with van der Waals surface area (Å²) in [5, 5.41) is 19.3. The number of likely N-dealkylation sites (tertiary alicyclic amines) is 1. The molecule has 0 unspecified atom stereocenters. The third-order valence-corrected chi connectivity index (χ3v) is 5.22. The quantitative estimate of drug-likeness (QED) is 0.727. The molecule has 2 saturated carbocycles. The monoisotopic (exact) mass is 346 g/mol. The number of piperidine rings is 1. The van der Waals surface area contributed by atoms with Gasteiger partial charge in [-0.1, -0.05) is 0 Å². The van der Waals surface area contributed by atoms with E-state index in [1.54, 1.807) is 6.07 Å². The average Bonchev–Trinajstić information content (AvgIpc) is 3.54. The minimum atomic E-state index is -0.970. The van der Waals surface area contributed by atoms with Crippen LogP contribution in [0.15, 0.2) is 6.07 Å². The second-order valence-electron chi connectivity index (χ2n) is 7.44. The summed E-state index contributed by atoms with van der Waals surface area (Å²) in [5.74, 6) is -2.18. The lowest BCUT2D eigenvalue weighted by Gasteiger charge is -2.35. The first kappa shape index (κ1) is 16.1. The second-order valence-corrected chi connectivity index (χ2v) is 7.44. The van der Waals surface area contributed by atoms with E-state index in [0.717, 1.165) is 31.4 Å². The molecule has 2 heterocycles. The molecule has 3 N–H and O–H groups in total. The predicted octanol–water partition coefficient (Wildman–Crippen LogP) is 0.729. The topological polar surface area (TPSA) is 115 Å². The number of amides is 2. The van der Waals surface area contributed by atoms with Crippen molar-refractivity contribution in [3.63, 3.8) is 0 Å². The molecule has 134 valence electrons. The molecule has 8 nitrogen and oxygen atoms in total. The van der Waals surface area contributed by atoms with Crippen molar-refractivity contribution in [2.24, 2.45) is 11.8 Å². The number of carboxylic acids is 1. The Morgan fingerprint density at radius 2 is 1.88 bits per heavy atom. The zero-order valence-electron chi connectivity index (χ0n) is 13.9. The van der Waals surface area contributed by atoms with Crippen molar-refractivity contribution >= 4 is 17.8 Å². The lowest BCUT2D eigenvalue weighted by molar-refractivity contribution is -0.144. The van der Waals surface area contributed by atoms with E-state index in [1.807, 2.05) is 0 Å². The Kier molecular flexibility index (Phi) is 3.97. The zero-order valence-corrected chi connectivity index (χ0v) is 13.9. The second kappa shape index (κ2) is 6.16. The van der Waals surface area contributed by atoms with E-state index in [0.29, 0.717) is 11.6 Å². The molecule has 3 fully saturated rings. The zero-order chi connectivity index (χ0) is 17.6. The number of hydrogen-bond donors (Lipinski definition) is 3. The maximum atomic E-state index is 12.7. The lowest BCUT2D eigenvalue weighted by Crippen LogP contribution is -2.50. The number of rotatable bonds is 5. The summed E-state index contributed by atoms with van der Waals surface area (Å²) in [5.41, 5.74) is 1.26. The Balaban J connectivity index is 1.48. The Morgan fingerprint density at radius 1 is 1.16 bits per heavy atom. The lowest BCUT2D eigenvalue weighted by atomic mass is 9.88. The standard InChI is InChI=1S/C17H22N4O4/c22-15(18-12-3-4-12)10-5-11(17(24)25)8-21(7-10)16(23)14-6-13(19-20-14)9-1-2-9/h6,9-12H,1-5,7-8H2,(H,18,22)(H,19,20)(H,24,25)/t10-,11-/m0/s1. The van der Waals surface area contributed by atoms with E-state index in [2.05, 4.69) is 15.5 Å². The summed E-state index contributed by atoms with van der Waals surface area (Å²) in [4.78, 5) is 38.0. The fourth-order valence-corrected chi connectivity index (χ4v) is 3.39. The molecule has 0 spiro atoms. The number of aliphatic carboxylic acids is 1. The number of carbonyl (C=O) groups is 3. The van der Waals surface area contributed by atoms with E-state index in [4.69, 9.17) is 0 Å². The van der Waals surface area contributed by atoms with Gasteiger partial charge in [0, 0.05) is 30.7 Å². The van der Waals surface area contributed by atoms with Gasteiger partial charge in [-0.05, 0) is 38.2 Å². The molecular weight excluding hydrogens is 324 g/mol. The van der Waals surface area contributed by atoms with E-state index in [1.165, 1.54) is 4.90 Å². The van der Waals surface area contributed by atoms with Crippen LogP contribution in [0, 0.1) is 11.8 Å². The van der Waals surface area contributed by atoms with Crippen molar-refractivity contribution in [1.29, 1.82) is 0 Å². The van der Waals surface area contributed by atoms with Gasteiger partial charge < -0.3 is 15.3 Å². The Labute approximate surface area is 145 Å². The van der Waals surface area contributed by atoms with Gasteiger partial charge in [-0.15, -0.1) is 0 Å². The largest absolute Gasteiger partial charge is 0.481 e. The fourth-order valence-electron chi connectivity index (χ4n) is 3.39. The number of nitrogens with one attached hydrogen (secondary N) is 2. The molecule has 1 aromatic heterocycles. The maximum Gasteiger partial charge on any atom is 0.308 e. The van der Waals surface area contributed by atoms with Gasteiger partial charge >= 0.3 is 5.97 Å². The molecule has 2 aliphatic carbocycles. The number of hydrogen-bond acceptors (Lipinski definition) is 4. The highest BCUT2D eigenvalue weighted by molar-refractivity contribution is 5.93. The van der Waals surface area contributed by atoms with Crippen molar-refractivity contribution in [1.82, 2.24) is 20.4 Å². The van der Waals surface area contributed by atoms with Gasteiger partial charge in [-0.3, -0.25) is 19.5 Å². The third kappa shape index (κ3) is 3.52. The number of nitrogens with zero attached hydrogens (tertiary/aromatic N) is 2. The van der Waals surface area contributed by atoms with Gasteiger partial charge in [0.05, 0.1) is 11.8 Å². The highest BCUT2D eigenvalue weighted by Gasteiger charge is 2.39. The normalized spacial score (nSPS) is 26.3. The van der Waals surface area contributed by atoms with Crippen molar-refractivity contribution in [3.05, 3.63) is 17.5 Å². The highest BCUT2D eigenvalue weighted by atomic mass is 16.4. The van der Waals surface area contributed by atoms with Crippen LogP contribution in [0.4, 0.5) is 0 Å². The van der Waals surface area contributed by atoms with E-state index in [-0.39, 0.29) is 37.4 Å². The smallest absolute Gasteiger partial charge is 0.308 e. The van der Waals surface area contributed by atoms with Crippen LogP contribution >= 0.6 is 0 Å². The summed E-state index contributed by atoms with van der Waals surface area (Å²) in [6.07, 6.45) is 4.42. The summed E-state index contributed by atoms with van der Waals surface area (Å²) in [6.45, 7) is 0.361. The van der Waals surface area contributed by atoms with Crippen LogP contribution in [0.3, 0.4) is 0 Å². The predicted molar refractivity (Wildman–Crippen MR) is 86.9 cm³/mol. The van der Waals surface area contributed by atoms with E-state index < -0.39 is 17.8 Å². The summed E-state index contributed by atoms with van der Waals surface area (Å²) < 4.78 is 0. The van der Waals surface area contributed by atoms with Crippen molar-refractivity contribution in [2.75, 3.05) is 13.1 Å². The minimum absolute atomic E-state index is 0.118. The van der Waals surface area contributed by atoms with Gasteiger partial charge in [0.25, 0.3) is 5.91 Å². The average molecular weight is 346 g/mol. The van der Waals surface area contributed by atoms with Gasteiger partial charge in [0.1, 0.15) is 5.69 Å². The molecule has 0 aromatic carbocycles. The van der Waals surface area contributed by atoms with Gasteiger partial charge in [-0.2, -0.15) is 5.10 Å². The molecule has 0 radical (unpaired) electrons. The number of carboxylic acid groups (broad SMARTS) is 1. The Bertz CT molecular complexity index is 707. The first-order valence-corrected chi connectivity index (χ1v) is 8.89. The van der Waals surface area contributed by atoms with E-state index in [9.17, 15) is 19.5 Å². The molecule has 2 amide bonds. The number of aromatic amines is 1. The number of H-pyrrole nitrogens is 1. The SMILES string of the molecule is O=C(O)[C@H]1C[C@H](C(=O)NC2CC2)CN(C(=O)c2cc(C3CC3)[nH]n2)C1. The maximum absolute atomic E-state index is 12.7. The van der Waals surface area contributed by atoms with Gasteiger partial charge in [0.2, 0.25) is 5.91 Å². The Hall–Kier alpha value is -2.38. The molecule has 3 aliphatic rings. The summed E-state index contributed by atoms with van der Waals surface area (Å²) in [6, 6.07) is 1.97. The summed E-state index contributed by atoms with van der Waals surface area (Å²) in [7, 11) is 0. The fraction of sp³-hybridized carbons (Fsp3) is 0.647. The first-order chi connectivity index (χ1) is 12.0. The highest BCUT2D eigenvalue weighted by Crippen LogP contribution is 2.39. The van der Waals surface area contributed by atoms with Crippen LogP contribution in [0.2, 0.25) is 0 Å². The minimum Gasteiger partial charge on any atom is -0.481 e. The van der Waals surface area contributed by atoms with Gasteiger partial charge in [0.15, 0.2) is 0 Å². The third-order valence-electron chi connectivity index (χ3n) is 5.22. The molecule has 4 rings (SSSR count). The molecule has 1 aliphatic heterocycles.